The van der Waals surface area contributed by atoms with E-state index in [-0.39, 0.29) is 12.0 Å². The second-order valence-electron chi connectivity index (χ2n) is 7.36. The number of aromatic nitrogens is 2. The maximum atomic E-state index is 12.7. The third-order valence-corrected chi connectivity index (χ3v) is 3.95. The molecule has 0 bridgehead atoms. The maximum absolute atomic E-state index is 12.7. The van der Waals surface area contributed by atoms with Gasteiger partial charge in [0.25, 0.3) is 0 Å². The van der Waals surface area contributed by atoms with Crippen LogP contribution in [0.1, 0.15) is 39.7 Å². The first-order valence-electron chi connectivity index (χ1n) is 8.98. The highest BCUT2D eigenvalue weighted by molar-refractivity contribution is 5.68. The van der Waals surface area contributed by atoms with Crippen LogP contribution < -0.4 is 4.90 Å². The lowest BCUT2D eigenvalue weighted by Crippen LogP contribution is -2.47. The molecule has 0 radical (unpaired) electrons. The first kappa shape index (κ1) is 23.9. The largest absolute Gasteiger partial charge is 0.444 e. The molecule has 10 heteroatoms. The van der Waals surface area contributed by atoms with Crippen molar-refractivity contribution in [2.24, 2.45) is 0 Å². The van der Waals surface area contributed by atoms with Gasteiger partial charge in [-0.05, 0) is 27.2 Å². The first-order chi connectivity index (χ1) is 12.9. The average molecular weight is 406 g/mol. The number of amides is 1. The van der Waals surface area contributed by atoms with Crippen LogP contribution in [0.15, 0.2) is 12.4 Å². The Morgan fingerprint density at radius 2 is 1.79 bits per heavy atom. The fourth-order valence-electron chi connectivity index (χ4n) is 2.37. The Hall–Kier alpha value is -2.10. The van der Waals surface area contributed by atoms with Crippen molar-refractivity contribution in [1.29, 1.82) is 0 Å². The lowest BCUT2D eigenvalue weighted by Gasteiger charge is -2.34. The summed E-state index contributed by atoms with van der Waals surface area (Å²) < 4.78 is 48.7. The highest BCUT2D eigenvalue weighted by atomic mass is 19.4. The summed E-state index contributed by atoms with van der Waals surface area (Å²) >= 11 is 0. The lowest BCUT2D eigenvalue weighted by atomic mass is 10.2. The third kappa shape index (κ3) is 7.49. The Bertz CT molecular complexity index is 618. The number of rotatable bonds is 8. The first-order valence-corrected chi connectivity index (χ1v) is 8.98. The van der Waals surface area contributed by atoms with Crippen LogP contribution in [0.3, 0.4) is 0 Å². The quantitative estimate of drug-likeness (QED) is 0.657. The van der Waals surface area contributed by atoms with E-state index in [0.29, 0.717) is 26.1 Å². The van der Waals surface area contributed by atoms with Crippen LogP contribution in [-0.4, -0.2) is 66.5 Å². The van der Waals surface area contributed by atoms with Gasteiger partial charge in [-0.1, -0.05) is 6.92 Å². The normalized spacial score (nSPS) is 13.2. The average Bonchev–Trinajstić information content (AvgIpc) is 2.59. The minimum Gasteiger partial charge on any atom is -0.444 e. The molecule has 0 aromatic carbocycles. The molecule has 0 aliphatic heterocycles. The van der Waals surface area contributed by atoms with Crippen molar-refractivity contribution in [1.82, 2.24) is 14.9 Å². The van der Waals surface area contributed by atoms with E-state index in [2.05, 4.69) is 9.97 Å². The molecule has 0 fully saturated rings. The van der Waals surface area contributed by atoms with Crippen LogP contribution in [0.25, 0.3) is 0 Å². The molecule has 1 aromatic heterocycles. The number of halogens is 3. The van der Waals surface area contributed by atoms with E-state index in [1.165, 1.54) is 12.0 Å². The van der Waals surface area contributed by atoms with Gasteiger partial charge in [0.1, 0.15) is 5.60 Å². The van der Waals surface area contributed by atoms with E-state index < -0.39 is 23.4 Å². The van der Waals surface area contributed by atoms with Gasteiger partial charge in [-0.15, -0.1) is 0 Å². The Balaban J connectivity index is 2.98. The second kappa shape index (κ2) is 9.90. The Labute approximate surface area is 163 Å². The summed E-state index contributed by atoms with van der Waals surface area (Å²) in [7, 11) is 3.15. The molecule has 0 saturated carbocycles. The van der Waals surface area contributed by atoms with E-state index in [1.807, 2.05) is 6.92 Å². The van der Waals surface area contributed by atoms with Crippen molar-refractivity contribution in [2.45, 2.75) is 51.9 Å². The molecule has 1 rings (SSSR count). The second-order valence-corrected chi connectivity index (χ2v) is 7.36. The number of anilines is 1. The molecule has 1 heterocycles. The summed E-state index contributed by atoms with van der Waals surface area (Å²) in [6.07, 6.45) is -2.86. The highest BCUT2D eigenvalue weighted by Gasteiger charge is 2.32. The molecule has 0 aliphatic rings. The minimum atomic E-state index is -4.50. The molecule has 0 N–H and O–H groups in total. The molecule has 0 spiro atoms. The van der Waals surface area contributed by atoms with Gasteiger partial charge >= 0.3 is 12.3 Å². The standard InChI is InChI=1S/C18H29F3N4O3/c1-7-14(24(5)16(26)28-17(2,3)4)12-25(8-9-27-6)15-22-10-13(11-23-15)18(19,20)21/h10-11,14H,7-9,12H2,1-6H3. The van der Waals surface area contributed by atoms with E-state index in [4.69, 9.17) is 9.47 Å². The number of methoxy groups -OCH3 is 1. The number of hydrogen-bond donors (Lipinski definition) is 0. The van der Waals surface area contributed by atoms with Gasteiger partial charge < -0.3 is 19.3 Å². The van der Waals surface area contributed by atoms with Crippen molar-refractivity contribution in [3.05, 3.63) is 18.0 Å². The summed E-state index contributed by atoms with van der Waals surface area (Å²) in [6, 6.07) is -0.252. The monoisotopic (exact) mass is 406 g/mol. The van der Waals surface area contributed by atoms with Crippen molar-refractivity contribution in [3.63, 3.8) is 0 Å². The number of carbonyl (C=O) groups is 1. The predicted octanol–water partition coefficient (Wildman–Crippen LogP) is 3.59. The van der Waals surface area contributed by atoms with Crippen molar-refractivity contribution in [3.8, 4) is 0 Å². The van der Waals surface area contributed by atoms with Crippen LogP contribution in [0.2, 0.25) is 0 Å². The number of carbonyl (C=O) groups excluding carboxylic acids is 1. The van der Waals surface area contributed by atoms with Crippen molar-refractivity contribution in [2.75, 3.05) is 38.8 Å². The van der Waals surface area contributed by atoms with Gasteiger partial charge in [-0.25, -0.2) is 14.8 Å². The molecule has 28 heavy (non-hydrogen) atoms. The molecule has 0 aliphatic carbocycles. The van der Waals surface area contributed by atoms with E-state index in [0.717, 1.165) is 12.4 Å². The summed E-state index contributed by atoms with van der Waals surface area (Å²) in [5.41, 5.74) is -1.54. The Morgan fingerprint density at radius 1 is 1.21 bits per heavy atom. The number of likely N-dealkylation sites (N-methyl/N-ethyl adjacent to an activating group) is 1. The van der Waals surface area contributed by atoms with Crippen LogP contribution in [0, 0.1) is 0 Å². The van der Waals surface area contributed by atoms with Crippen LogP contribution >= 0.6 is 0 Å². The minimum absolute atomic E-state index is 0.140. The van der Waals surface area contributed by atoms with Gasteiger partial charge in [-0.3, -0.25) is 0 Å². The fourth-order valence-corrected chi connectivity index (χ4v) is 2.37. The smallest absolute Gasteiger partial charge is 0.419 e. The van der Waals surface area contributed by atoms with Crippen LogP contribution in [0.5, 0.6) is 0 Å². The van der Waals surface area contributed by atoms with Crippen molar-refractivity contribution < 1.29 is 27.4 Å². The zero-order valence-electron chi connectivity index (χ0n) is 17.2. The molecule has 7 nitrogen and oxygen atoms in total. The zero-order valence-corrected chi connectivity index (χ0v) is 17.2. The summed E-state index contributed by atoms with van der Waals surface area (Å²) in [5.74, 6) is 0.140. The Morgan fingerprint density at radius 3 is 2.21 bits per heavy atom. The summed E-state index contributed by atoms with van der Waals surface area (Å²) in [5, 5.41) is 0. The number of alkyl halides is 3. The lowest BCUT2D eigenvalue weighted by molar-refractivity contribution is -0.138. The van der Waals surface area contributed by atoms with Gasteiger partial charge in [0.05, 0.1) is 18.2 Å². The number of nitrogens with zero attached hydrogens (tertiary/aromatic N) is 4. The molecule has 160 valence electrons. The molecule has 1 aromatic rings. The summed E-state index contributed by atoms with van der Waals surface area (Å²) in [4.78, 5) is 23.2. The Kier molecular flexibility index (Phi) is 8.47. The zero-order chi connectivity index (χ0) is 21.5. The fraction of sp³-hybridized carbons (Fsp3) is 0.722. The van der Waals surface area contributed by atoms with E-state index in [1.54, 1.807) is 32.7 Å². The van der Waals surface area contributed by atoms with Gasteiger partial charge in [0, 0.05) is 39.6 Å². The van der Waals surface area contributed by atoms with Gasteiger partial charge in [0.15, 0.2) is 0 Å². The summed E-state index contributed by atoms with van der Waals surface area (Å²) in [6.45, 7) is 8.26. The molecular weight excluding hydrogens is 377 g/mol. The molecule has 0 saturated heterocycles. The van der Waals surface area contributed by atoms with Crippen molar-refractivity contribution >= 4 is 12.0 Å². The van der Waals surface area contributed by atoms with Gasteiger partial charge in [-0.2, -0.15) is 13.2 Å². The van der Waals surface area contributed by atoms with E-state index >= 15 is 0 Å². The number of hydrogen-bond acceptors (Lipinski definition) is 6. The molecule has 1 atom stereocenters. The molecule has 1 amide bonds. The van der Waals surface area contributed by atoms with Gasteiger partial charge in [0.2, 0.25) is 5.95 Å². The molecule has 1 unspecified atom stereocenters. The SMILES string of the molecule is CCC(CN(CCOC)c1ncc(C(F)(F)F)cn1)N(C)C(=O)OC(C)(C)C. The molecular formula is C18H29F3N4O3. The van der Waals surface area contributed by atoms with E-state index in [9.17, 15) is 18.0 Å². The topological polar surface area (TPSA) is 67.8 Å². The maximum Gasteiger partial charge on any atom is 0.419 e. The third-order valence-electron chi connectivity index (χ3n) is 3.95. The predicted molar refractivity (Wildman–Crippen MR) is 99.2 cm³/mol. The van der Waals surface area contributed by atoms with Crippen LogP contribution in [-0.2, 0) is 15.7 Å². The van der Waals surface area contributed by atoms with Crippen LogP contribution in [0.4, 0.5) is 23.9 Å². The highest BCUT2D eigenvalue weighted by Crippen LogP contribution is 2.28. The number of ether oxygens (including phenoxy) is 2.